The average Bonchev–Trinajstić information content (AvgIpc) is 2.50. The average molecular weight is 232 g/mol. The summed E-state index contributed by atoms with van der Waals surface area (Å²) >= 11 is 0. The molecule has 1 aromatic carbocycles. The molecule has 0 saturated heterocycles. The fraction of sp³-hybridized carbons (Fsp3) is 0.429. The Kier molecular flexibility index (Phi) is 3.27. The van der Waals surface area contributed by atoms with Crippen molar-refractivity contribution in [1.82, 2.24) is 0 Å². The number of hydrogen-bond acceptors (Lipinski definition) is 3. The highest BCUT2D eigenvalue weighted by Gasteiger charge is 2.19. The molecule has 3 heteroatoms. The highest BCUT2D eigenvalue weighted by molar-refractivity contribution is 6.00. The third-order valence-corrected chi connectivity index (χ3v) is 3.26. The highest BCUT2D eigenvalue weighted by atomic mass is 16.5. The van der Waals surface area contributed by atoms with Crippen molar-refractivity contribution in [3.8, 4) is 0 Å². The van der Waals surface area contributed by atoms with Crippen LogP contribution in [0.15, 0.2) is 12.1 Å². The van der Waals surface area contributed by atoms with Gasteiger partial charge < -0.3 is 4.74 Å². The summed E-state index contributed by atoms with van der Waals surface area (Å²) in [7, 11) is 1.37. The number of aryl methyl sites for hydroxylation is 2. The van der Waals surface area contributed by atoms with Gasteiger partial charge in [0.05, 0.1) is 12.7 Å². The van der Waals surface area contributed by atoms with Gasteiger partial charge in [0.15, 0.2) is 5.78 Å². The van der Waals surface area contributed by atoms with Crippen molar-refractivity contribution in [2.45, 2.75) is 32.6 Å². The topological polar surface area (TPSA) is 43.4 Å². The van der Waals surface area contributed by atoms with Crippen LogP contribution in [0, 0.1) is 6.92 Å². The Morgan fingerprint density at radius 1 is 1.24 bits per heavy atom. The largest absolute Gasteiger partial charge is 0.465 e. The number of ketones is 1. The summed E-state index contributed by atoms with van der Waals surface area (Å²) in [6, 6.07) is 3.65. The lowest BCUT2D eigenvalue weighted by atomic mass is 9.95. The minimum atomic E-state index is -0.331. The van der Waals surface area contributed by atoms with Crippen molar-refractivity contribution in [2.24, 2.45) is 0 Å². The third kappa shape index (κ3) is 2.23. The predicted octanol–water partition coefficient (Wildman–Crippen LogP) is 2.69. The van der Waals surface area contributed by atoms with Gasteiger partial charge in [-0.3, -0.25) is 4.79 Å². The highest BCUT2D eigenvalue weighted by Crippen LogP contribution is 2.24. The van der Waals surface area contributed by atoms with E-state index in [2.05, 4.69) is 0 Å². The number of fused-ring (bicyclic) bond motifs is 1. The molecular weight excluding hydrogens is 216 g/mol. The standard InChI is InChI=1S/C14H16O3/c1-9-7-12-10(5-3-4-6-13(12)15)8-11(9)14(16)17-2/h7-8H,3-6H2,1-2H3. The SMILES string of the molecule is COC(=O)c1cc2c(cc1C)C(=O)CCCC2. The van der Waals surface area contributed by atoms with E-state index in [4.69, 9.17) is 4.74 Å². The van der Waals surface area contributed by atoms with Gasteiger partial charge in [0.2, 0.25) is 0 Å². The maximum atomic E-state index is 11.9. The summed E-state index contributed by atoms with van der Waals surface area (Å²) in [5.74, 6) is -0.140. The molecule has 0 fully saturated rings. The summed E-state index contributed by atoms with van der Waals surface area (Å²) in [5, 5.41) is 0. The minimum absolute atomic E-state index is 0.192. The fourth-order valence-electron chi connectivity index (χ4n) is 2.28. The van der Waals surface area contributed by atoms with Gasteiger partial charge in [0.25, 0.3) is 0 Å². The Labute approximate surface area is 101 Å². The number of esters is 1. The van der Waals surface area contributed by atoms with Crippen LogP contribution in [-0.2, 0) is 11.2 Å². The van der Waals surface area contributed by atoms with E-state index in [0.29, 0.717) is 12.0 Å². The molecule has 1 aliphatic rings. The second-order valence-corrected chi connectivity index (χ2v) is 4.45. The molecule has 2 rings (SSSR count). The molecule has 0 radical (unpaired) electrons. The van der Waals surface area contributed by atoms with Crippen molar-refractivity contribution in [3.05, 3.63) is 34.4 Å². The summed E-state index contributed by atoms with van der Waals surface area (Å²) in [6.45, 7) is 1.84. The number of rotatable bonds is 1. The first kappa shape index (κ1) is 11.8. The molecule has 0 bridgehead atoms. The van der Waals surface area contributed by atoms with Gasteiger partial charge >= 0.3 is 5.97 Å². The fourth-order valence-corrected chi connectivity index (χ4v) is 2.28. The molecule has 0 N–H and O–H groups in total. The van der Waals surface area contributed by atoms with Crippen LogP contribution >= 0.6 is 0 Å². The molecule has 0 saturated carbocycles. The minimum Gasteiger partial charge on any atom is -0.465 e. The quantitative estimate of drug-likeness (QED) is 0.552. The summed E-state index contributed by atoms with van der Waals surface area (Å²) in [6.07, 6.45) is 3.41. The number of methoxy groups -OCH3 is 1. The van der Waals surface area contributed by atoms with E-state index in [1.807, 2.05) is 19.1 Å². The summed E-state index contributed by atoms with van der Waals surface area (Å²) in [5.41, 5.74) is 3.15. The van der Waals surface area contributed by atoms with E-state index in [1.165, 1.54) is 7.11 Å². The number of carbonyl (C=O) groups excluding carboxylic acids is 2. The first-order valence-corrected chi connectivity index (χ1v) is 5.88. The Bertz CT molecular complexity index is 475. The van der Waals surface area contributed by atoms with Crippen LogP contribution in [0.2, 0.25) is 0 Å². The van der Waals surface area contributed by atoms with Crippen LogP contribution in [0.3, 0.4) is 0 Å². The third-order valence-electron chi connectivity index (χ3n) is 3.26. The molecule has 0 atom stereocenters. The van der Waals surface area contributed by atoms with Gasteiger partial charge in [-0.1, -0.05) is 0 Å². The zero-order valence-electron chi connectivity index (χ0n) is 10.2. The normalized spacial score (nSPS) is 15.1. The van der Waals surface area contributed by atoms with Gasteiger partial charge in [-0.2, -0.15) is 0 Å². The zero-order valence-corrected chi connectivity index (χ0v) is 10.2. The van der Waals surface area contributed by atoms with Crippen molar-refractivity contribution in [2.75, 3.05) is 7.11 Å². The molecule has 0 spiro atoms. The Morgan fingerprint density at radius 2 is 1.94 bits per heavy atom. The van der Waals surface area contributed by atoms with Crippen LogP contribution in [0.25, 0.3) is 0 Å². The van der Waals surface area contributed by atoms with E-state index >= 15 is 0 Å². The van der Waals surface area contributed by atoms with Crippen molar-refractivity contribution in [1.29, 1.82) is 0 Å². The summed E-state index contributed by atoms with van der Waals surface area (Å²) < 4.78 is 4.74. The van der Waals surface area contributed by atoms with Gasteiger partial charge in [0, 0.05) is 12.0 Å². The van der Waals surface area contributed by atoms with Crippen LogP contribution < -0.4 is 0 Å². The van der Waals surface area contributed by atoms with Gasteiger partial charge in [-0.15, -0.1) is 0 Å². The van der Waals surface area contributed by atoms with E-state index < -0.39 is 0 Å². The second-order valence-electron chi connectivity index (χ2n) is 4.45. The molecule has 3 nitrogen and oxygen atoms in total. The molecular formula is C14H16O3. The molecule has 90 valence electrons. The maximum absolute atomic E-state index is 11.9. The number of benzene rings is 1. The first-order chi connectivity index (χ1) is 8.13. The van der Waals surface area contributed by atoms with Crippen LogP contribution in [-0.4, -0.2) is 18.9 Å². The monoisotopic (exact) mass is 232 g/mol. The van der Waals surface area contributed by atoms with E-state index in [9.17, 15) is 9.59 Å². The van der Waals surface area contributed by atoms with Crippen LogP contribution in [0.4, 0.5) is 0 Å². The number of Topliss-reactive ketones (excluding diaryl/α,β-unsaturated/α-hetero) is 1. The first-order valence-electron chi connectivity index (χ1n) is 5.88. The van der Waals surface area contributed by atoms with Gasteiger partial charge in [-0.25, -0.2) is 4.79 Å². The maximum Gasteiger partial charge on any atom is 0.338 e. The Balaban J connectivity index is 2.52. The van der Waals surface area contributed by atoms with Crippen LogP contribution in [0.5, 0.6) is 0 Å². The predicted molar refractivity (Wildman–Crippen MR) is 64.4 cm³/mol. The lowest BCUT2D eigenvalue weighted by molar-refractivity contribution is 0.0599. The summed E-state index contributed by atoms with van der Waals surface area (Å²) in [4.78, 5) is 23.5. The van der Waals surface area contributed by atoms with E-state index in [0.717, 1.165) is 36.0 Å². The molecule has 0 unspecified atom stereocenters. The molecule has 0 amide bonds. The smallest absolute Gasteiger partial charge is 0.338 e. The Morgan fingerprint density at radius 3 is 2.65 bits per heavy atom. The molecule has 1 aromatic rings. The van der Waals surface area contributed by atoms with E-state index in [1.54, 1.807) is 0 Å². The molecule has 0 heterocycles. The van der Waals surface area contributed by atoms with Crippen molar-refractivity contribution in [3.63, 3.8) is 0 Å². The number of ether oxygens (including phenoxy) is 1. The zero-order chi connectivity index (χ0) is 12.4. The Hall–Kier alpha value is -1.64. The van der Waals surface area contributed by atoms with Crippen molar-refractivity contribution < 1.29 is 14.3 Å². The second kappa shape index (κ2) is 4.70. The number of carbonyl (C=O) groups is 2. The van der Waals surface area contributed by atoms with Gasteiger partial charge in [-0.05, 0) is 49.4 Å². The van der Waals surface area contributed by atoms with E-state index in [-0.39, 0.29) is 11.8 Å². The molecule has 0 aromatic heterocycles. The van der Waals surface area contributed by atoms with Gasteiger partial charge in [0.1, 0.15) is 0 Å². The van der Waals surface area contributed by atoms with Crippen molar-refractivity contribution >= 4 is 11.8 Å². The number of hydrogen-bond donors (Lipinski definition) is 0. The van der Waals surface area contributed by atoms with Crippen LogP contribution in [0.1, 0.15) is 51.1 Å². The lowest BCUT2D eigenvalue weighted by Crippen LogP contribution is -2.08. The lowest BCUT2D eigenvalue weighted by Gasteiger charge is -2.10. The molecule has 0 aliphatic heterocycles. The molecule has 17 heavy (non-hydrogen) atoms. The molecule has 1 aliphatic carbocycles.